The number of aromatic amines is 1. The van der Waals surface area contributed by atoms with Gasteiger partial charge in [-0.05, 0) is 61.1 Å². The van der Waals surface area contributed by atoms with E-state index in [1.165, 1.54) is 16.7 Å². The van der Waals surface area contributed by atoms with Crippen LogP contribution in [0.25, 0.3) is 0 Å². The highest BCUT2D eigenvalue weighted by atomic mass is 35.5. The summed E-state index contributed by atoms with van der Waals surface area (Å²) in [5.74, 6) is 1.31. The van der Waals surface area contributed by atoms with Crippen molar-refractivity contribution >= 4 is 17.5 Å². The summed E-state index contributed by atoms with van der Waals surface area (Å²) in [5.41, 5.74) is 5.04. The maximum atomic E-state index is 13.8. The van der Waals surface area contributed by atoms with Crippen molar-refractivity contribution in [2.24, 2.45) is 0 Å². The Hall–Kier alpha value is -3.30. The molecule has 42 heavy (non-hydrogen) atoms. The number of carbonyl (C=O) groups is 1. The molecule has 3 aliphatic rings. The fraction of sp³-hybridized carbons (Fsp3) is 0.531. The van der Waals surface area contributed by atoms with E-state index >= 15 is 0 Å². The Kier molecular flexibility index (Phi) is 8.58. The summed E-state index contributed by atoms with van der Waals surface area (Å²) < 4.78 is 8.58. The molecule has 1 aliphatic carbocycles. The Bertz CT molecular complexity index is 1430. The number of halogens is 1. The van der Waals surface area contributed by atoms with E-state index in [2.05, 4.69) is 53.2 Å². The molecular formula is C32H41ClN6O3. The number of aliphatic hydroxyl groups excluding tert-OH is 1. The topological polar surface area (TPSA) is 99.5 Å². The second-order valence-corrected chi connectivity index (χ2v) is 12.2. The standard InChI is InChI=1S/C32H41ClN6O3/c1-3-5-13-37(14-6-4-2)30(41)29-28(33)32-39(36-29)27-12-11-22(24-17-34-35-18-24)16-26(27)31(42-32)38-19-23-10-8-7-9-21(23)15-25(38)20-40/h7-10,17-18,22,25,27,40H,3-6,11-16,19-20H2,1-2H3,(H,34,35). The zero-order valence-corrected chi connectivity index (χ0v) is 25.3. The molecule has 2 N–H and O–H groups in total. The third-order valence-electron chi connectivity index (χ3n) is 9.10. The van der Waals surface area contributed by atoms with Gasteiger partial charge in [-0.3, -0.25) is 9.89 Å². The first-order valence-corrected chi connectivity index (χ1v) is 15.8. The molecule has 0 saturated heterocycles. The van der Waals surface area contributed by atoms with Crippen LogP contribution in [0, 0.1) is 0 Å². The number of aromatic nitrogens is 4. The van der Waals surface area contributed by atoms with E-state index in [0.29, 0.717) is 25.5 Å². The Morgan fingerprint density at radius 3 is 2.60 bits per heavy atom. The maximum Gasteiger partial charge on any atom is 0.276 e. The molecule has 9 nitrogen and oxygen atoms in total. The monoisotopic (exact) mass is 592 g/mol. The Labute approximate surface area is 252 Å². The molecule has 224 valence electrons. The number of nitrogens with zero attached hydrogens (tertiary/aromatic N) is 5. The molecule has 0 radical (unpaired) electrons. The van der Waals surface area contributed by atoms with Crippen molar-refractivity contribution in [3.05, 3.63) is 75.5 Å². The molecule has 3 aromatic rings. The lowest BCUT2D eigenvalue weighted by Crippen LogP contribution is -2.45. The summed E-state index contributed by atoms with van der Waals surface area (Å²) in [6.07, 6.45) is 11.0. The number of nitrogens with one attached hydrogen (secondary N) is 1. The molecule has 1 saturated carbocycles. The second-order valence-electron chi connectivity index (χ2n) is 11.8. The molecule has 2 aromatic heterocycles. The summed E-state index contributed by atoms with van der Waals surface area (Å²) in [6.45, 7) is 6.26. The lowest BCUT2D eigenvalue weighted by Gasteiger charge is -2.43. The van der Waals surface area contributed by atoms with Crippen LogP contribution in [0.1, 0.15) is 97.9 Å². The average molecular weight is 593 g/mol. The molecule has 4 heterocycles. The molecule has 1 amide bonds. The molecule has 2 aliphatic heterocycles. The molecule has 3 atom stereocenters. The molecule has 3 unspecified atom stereocenters. The van der Waals surface area contributed by atoms with Gasteiger partial charge in [0.1, 0.15) is 5.02 Å². The minimum atomic E-state index is -0.136. The van der Waals surface area contributed by atoms with Crippen LogP contribution in [0.4, 0.5) is 0 Å². The number of H-pyrrole nitrogens is 1. The molecule has 1 fully saturated rings. The predicted octanol–water partition coefficient (Wildman–Crippen LogP) is 5.83. The number of unbranched alkanes of at least 4 members (excludes halogenated alkanes) is 2. The lowest BCUT2D eigenvalue weighted by molar-refractivity contribution is 0.0740. The zero-order chi connectivity index (χ0) is 29.2. The average Bonchev–Trinajstić information content (AvgIpc) is 3.68. The third-order valence-corrected chi connectivity index (χ3v) is 9.44. The number of hydrogen-bond acceptors (Lipinski definition) is 6. The van der Waals surface area contributed by atoms with Crippen LogP contribution >= 0.6 is 11.6 Å². The van der Waals surface area contributed by atoms with Crippen molar-refractivity contribution < 1.29 is 14.6 Å². The lowest BCUT2D eigenvalue weighted by atomic mass is 9.79. The van der Waals surface area contributed by atoms with Gasteiger partial charge in [-0.2, -0.15) is 10.2 Å². The number of allylic oxidation sites excluding steroid dienone is 1. The third kappa shape index (κ3) is 5.33. The van der Waals surface area contributed by atoms with Crippen LogP contribution in [-0.4, -0.2) is 66.5 Å². The number of carbonyl (C=O) groups excluding carboxylic acids is 1. The fourth-order valence-electron chi connectivity index (χ4n) is 6.69. The van der Waals surface area contributed by atoms with Crippen LogP contribution in [0.3, 0.4) is 0 Å². The molecule has 10 heteroatoms. The first-order chi connectivity index (χ1) is 20.5. The summed E-state index contributed by atoms with van der Waals surface area (Å²) in [6, 6.07) is 8.18. The first-order valence-electron chi connectivity index (χ1n) is 15.4. The zero-order valence-electron chi connectivity index (χ0n) is 24.6. The summed E-state index contributed by atoms with van der Waals surface area (Å²) in [7, 11) is 0. The van der Waals surface area contributed by atoms with Gasteiger partial charge in [0.05, 0.1) is 24.9 Å². The highest BCUT2D eigenvalue weighted by molar-refractivity contribution is 6.34. The largest absolute Gasteiger partial charge is 0.421 e. The van der Waals surface area contributed by atoms with Gasteiger partial charge in [-0.1, -0.05) is 62.6 Å². The normalized spacial score (nSPS) is 21.4. The van der Waals surface area contributed by atoms with Gasteiger partial charge in [0.25, 0.3) is 5.91 Å². The number of amides is 1. The Balaban J connectivity index is 1.39. The van der Waals surface area contributed by atoms with Gasteiger partial charge < -0.3 is 19.6 Å². The number of rotatable bonds is 10. The van der Waals surface area contributed by atoms with Gasteiger partial charge in [-0.25, -0.2) is 4.68 Å². The number of ether oxygens (including phenoxy) is 1. The van der Waals surface area contributed by atoms with E-state index in [9.17, 15) is 9.90 Å². The fourth-order valence-corrected chi connectivity index (χ4v) is 6.94. The Morgan fingerprint density at radius 1 is 1.14 bits per heavy atom. The van der Waals surface area contributed by atoms with Gasteiger partial charge in [0.2, 0.25) is 5.88 Å². The highest BCUT2D eigenvalue weighted by Gasteiger charge is 2.43. The van der Waals surface area contributed by atoms with Crippen molar-refractivity contribution in [1.82, 2.24) is 29.8 Å². The van der Waals surface area contributed by atoms with Crippen LogP contribution < -0.4 is 4.74 Å². The number of hydrogen-bond donors (Lipinski definition) is 2. The SMILES string of the molecule is CCCCN(CCCC)C(=O)c1nn2c(c1Cl)OC(N1Cc3ccccc3CC1CO)=C1CC(c3cn[nH]c3)CCC12. The highest BCUT2D eigenvalue weighted by Crippen LogP contribution is 2.50. The van der Waals surface area contributed by atoms with Crippen LogP contribution in [0.5, 0.6) is 5.88 Å². The van der Waals surface area contributed by atoms with Crippen molar-refractivity contribution in [1.29, 1.82) is 0 Å². The Morgan fingerprint density at radius 2 is 1.90 bits per heavy atom. The van der Waals surface area contributed by atoms with Crippen LogP contribution in [0.15, 0.2) is 48.1 Å². The minimum absolute atomic E-state index is 0.00481. The van der Waals surface area contributed by atoms with E-state index in [1.807, 2.05) is 22.0 Å². The van der Waals surface area contributed by atoms with Gasteiger partial charge in [-0.15, -0.1) is 0 Å². The van der Waals surface area contributed by atoms with Gasteiger partial charge in [0, 0.05) is 31.4 Å². The van der Waals surface area contributed by atoms with Crippen molar-refractivity contribution in [2.45, 2.75) is 89.8 Å². The molecule has 0 bridgehead atoms. The number of fused-ring (bicyclic) bond motifs is 4. The molecule has 0 spiro atoms. The van der Waals surface area contributed by atoms with Crippen molar-refractivity contribution in [3.8, 4) is 5.88 Å². The van der Waals surface area contributed by atoms with Crippen LogP contribution in [-0.2, 0) is 13.0 Å². The van der Waals surface area contributed by atoms with E-state index in [1.54, 1.807) is 0 Å². The van der Waals surface area contributed by atoms with Gasteiger partial charge >= 0.3 is 0 Å². The first kappa shape index (κ1) is 28.8. The number of benzene rings is 1. The van der Waals surface area contributed by atoms with E-state index in [-0.39, 0.29) is 41.2 Å². The smallest absolute Gasteiger partial charge is 0.276 e. The van der Waals surface area contributed by atoms with Crippen molar-refractivity contribution in [3.63, 3.8) is 0 Å². The molecular weight excluding hydrogens is 552 g/mol. The quantitative estimate of drug-likeness (QED) is 0.307. The second kappa shape index (κ2) is 12.5. The molecule has 6 rings (SSSR count). The van der Waals surface area contributed by atoms with Gasteiger partial charge in [0.15, 0.2) is 11.6 Å². The predicted molar refractivity (Wildman–Crippen MR) is 161 cm³/mol. The van der Waals surface area contributed by atoms with Crippen molar-refractivity contribution in [2.75, 3.05) is 19.7 Å². The minimum Gasteiger partial charge on any atom is -0.421 e. The summed E-state index contributed by atoms with van der Waals surface area (Å²) in [5, 5.41) is 22.8. The molecule has 1 aromatic carbocycles. The van der Waals surface area contributed by atoms with E-state index in [0.717, 1.165) is 62.8 Å². The van der Waals surface area contributed by atoms with Crippen LogP contribution in [0.2, 0.25) is 5.02 Å². The summed E-state index contributed by atoms with van der Waals surface area (Å²) >= 11 is 6.99. The number of aliphatic hydroxyl groups is 1. The summed E-state index contributed by atoms with van der Waals surface area (Å²) in [4.78, 5) is 17.9. The van der Waals surface area contributed by atoms with E-state index < -0.39 is 0 Å². The maximum absolute atomic E-state index is 13.8. The van der Waals surface area contributed by atoms with E-state index in [4.69, 9.17) is 21.4 Å².